The van der Waals surface area contributed by atoms with Crippen molar-refractivity contribution in [2.24, 2.45) is 0 Å². The number of thiophene rings is 1. The molecule has 0 radical (unpaired) electrons. The van der Waals surface area contributed by atoms with Crippen LogP contribution in [-0.2, 0) is 6.18 Å². The van der Waals surface area contributed by atoms with Crippen LogP contribution in [0, 0.1) is 23.0 Å². The number of hydrogen-bond donors (Lipinski definition) is 2. The van der Waals surface area contributed by atoms with Gasteiger partial charge in [0.15, 0.2) is 5.82 Å². The standard InChI is InChI=1S/C31H27F7N6O2S/c32-10-20-21(4-6-41-20)46-28-16-8-18(31(36,37)38)23(15-2-3-19(34)26-22(15)17(11-39)27(40)47-26)24(35)25(16)42-29(43-28)45-13-30-5-1-7-44(30)12-14(33)9-30/h2-3,8,14,20-21,41H,1,4-7,9-10,12-13,40H2/t14-,20-,21-,30+/m1/s1. The molecule has 0 aliphatic carbocycles. The molecule has 0 spiro atoms. The number of ether oxygens (including phenoxy) is 2. The van der Waals surface area contributed by atoms with Crippen LogP contribution < -0.4 is 20.5 Å². The summed E-state index contributed by atoms with van der Waals surface area (Å²) in [6, 6.07) is 3.02. The number of rotatable bonds is 7. The number of aromatic nitrogens is 2. The summed E-state index contributed by atoms with van der Waals surface area (Å²) in [5, 5.41) is 11.8. The summed E-state index contributed by atoms with van der Waals surface area (Å²) < 4.78 is 116. The third kappa shape index (κ3) is 5.28. The number of nitrogens with two attached hydrogens (primary N) is 1. The zero-order valence-corrected chi connectivity index (χ0v) is 25.4. The van der Waals surface area contributed by atoms with Gasteiger partial charge in [0.05, 0.1) is 32.8 Å². The van der Waals surface area contributed by atoms with E-state index in [-0.39, 0.29) is 40.2 Å². The lowest BCUT2D eigenvalue weighted by molar-refractivity contribution is -0.137. The molecule has 248 valence electrons. The van der Waals surface area contributed by atoms with Crippen molar-refractivity contribution in [2.45, 2.75) is 55.7 Å². The molecule has 0 bridgehead atoms. The zero-order valence-electron chi connectivity index (χ0n) is 24.6. The number of anilines is 1. The highest BCUT2D eigenvalue weighted by Gasteiger charge is 2.49. The minimum Gasteiger partial charge on any atom is -0.472 e. The first-order valence-corrected chi connectivity index (χ1v) is 15.8. The maximum Gasteiger partial charge on any atom is 0.417 e. The predicted molar refractivity (Wildman–Crippen MR) is 160 cm³/mol. The summed E-state index contributed by atoms with van der Waals surface area (Å²) in [5.41, 5.74) is 1.49. The number of nitrogens with one attached hydrogen (secondary N) is 1. The summed E-state index contributed by atoms with van der Waals surface area (Å²) in [4.78, 5) is 10.4. The Morgan fingerprint density at radius 3 is 2.79 bits per heavy atom. The summed E-state index contributed by atoms with van der Waals surface area (Å²) >= 11 is 0.656. The molecule has 3 aliphatic heterocycles. The van der Waals surface area contributed by atoms with Crippen molar-refractivity contribution >= 4 is 37.3 Å². The van der Waals surface area contributed by atoms with Crippen LogP contribution in [0.1, 0.15) is 36.8 Å². The molecule has 3 N–H and O–H groups in total. The Morgan fingerprint density at radius 2 is 2.04 bits per heavy atom. The second-order valence-corrected chi connectivity index (χ2v) is 13.1. The van der Waals surface area contributed by atoms with Crippen LogP contribution in [0.3, 0.4) is 0 Å². The van der Waals surface area contributed by atoms with Gasteiger partial charge in [0, 0.05) is 23.9 Å². The number of halogens is 7. The average Bonchev–Trinajstić information content (AvgIpc) is 3.78. The highest BCUT2D eigenvalue weighted by molar-refractivity contribution is 7.23. The van der Waals surface area contributed by atoms with Crippen molar-refractivity contribution in [1.82, 2.24) is 20.2 Å². The van der Waals surface area contributed by atoms with Gasteiger partial charge in [0.2, 0.25) is 5.88 Å². The fourth-order valence-electron chi connectivity index (χ4n) is 7.16. The monoisotopic (exact) mass is 680 g/mol. The molecule has 4 atom stereocenters. The highest BCUT2D eigenvalue weighted by atomic mass is 32.1. The maximum absolute atomic E-state index is 16.8. The van der Waals surface area contributed by atoms with Crippen LogP contribution in [0.2, 0.25) is 0 Å². The number of nitrogen functional groups attached to an aromatic ring is 1. The highest BCUT2D eigenvalue weighted by Crippen LogP contribution is 2.48. The van der Waals surface area contributed by atoms with Gasteiger partial charge in [0.25, 0.3) is 0 Å². The van der Waals surface area contributed by atoms with Crippen molar-refractivity contribution in [1.29, 1.82) is 5.26 Å². The number of hydrogen-bond acceptors (Lipinski definition) is 9. The van der Waals surface area contributed by atoms with Crippen LogP contribution >= 0.6 is 11.3 Å². The van der Waals surface area contributed by atoms with Crippen molar-refractivity contribution < 1.29 is 40.2 Å². The van der Waals surface area contributed by atoms with Gasteiger partial charge in [-0.3, -0.25) is 4.90 Å². The van der Waals surface area contributed by atoms with Gasteiger partial charge in [-0.05, 0) is 50.0 Å². The van der Waals surface area contributed by atoms with E-state index in [0.717, 1.165) is 18.6 Å². The van der Waals surface area contributed by atoms with Crippen molar-refractivity contribution in [3.05, 3.63) is 41.0 Å². The van der Waals surface area contributed by atoms with E-state index in [1.807, 2.05) is 4.90 Å². The fourth-order valence-corrected chi connectivity index (χ4v) is 8.11. The Balaban J connectivity index is 1.44. The number of nitrogens with zero attached hydrogens (tertiary/aromatic N) is 4. The minimum atomic E-state index is -5.15. The lowest BCUT2D eigenvalue weighted by Crippen LogP contribution is -2.43. The van der Waals surface area contributed by atoms with Gasteiger partial charge in [-0.1, -0.05) is 6.07 Å². The van der Waals surface area contributed by atoms with E-state index in [1.54, 1.807) is 6.07 Å². The molecule has 2 aromatic heterocycles. The second-order valence-electron chi connectivity index (χ2n) is 12.1. The van der Waals surface area contributed by atoms with Crippen LogP contribution in [0.25, 0.3) is 32.1 Å². The van der Waals surface area contributed by atoms with Crippen LogP contribution in [0.5, 0.6) is 11.9 Å². The lowest BCUT2D eigenvalue weighted by Gasteiger charge is -2.30. The SMILES string of the molecule is N#Cc1c(N)sc2c(F)ccc(-c3c(C(F)(F)F)cc4c(O[C@@H]5CCN[C@@H]5CF)nc(OC[C@@]56CCCN5C[C@H](F)C6)nc4c3F)c12. The van der Waals surface area contributed by atoms with E-state index in [9.17, 15) is 31.6 Å². The topological polar surface area (TPSA) is 109 Å². The number of nitriles is 1. The molecule has 5 heterocycles. The molecule has 0 amide bonds. The van der Waals surface area contributed by atoms with Crippen LogP contribution in [0.15, 0.2) is 18.2 Å². The van der Waals surface area contributed by atoms with E-state index in [0.29, 0.717) is 43.3 Å². The largest absolute Gasteiger partial charge is 0.472 e. The predicted octanol–water partition coefficient (Wildman–Crippen LogP) is 6.30. The third-order valence-electron chi connectivity index (χ3n) is 9.32. The first-order chi connectivity index (χ1) is 22.4. The maximum atomic E-state index is 16.8. The molecule has 2 aromatic carbocycles. The molecular formula is C31H27F7N6O2S. The Bertz CT molecular complexity index is 1930. The molecule has 47 heavy (non-hydrogen) atoms. The smallest absolute Gasteiger partial charge is 0.417 e. The molecule has 16 heteroatoms. The van der Waals surface area contributed by atoms with Crippen LogP contribution in [-0.4, -0.2) is 71.6 Å². The summed E-state index contributed by atoms with van der Waals surface area (Å²) in [6.07, 6.45) is -5.13. The Morgan fingerprint density at radius 1 is 1.23 bits per heavy atom. The minimum absolute atomic E-state index is 0.0656. The molecule has 3 saturated heterocycles. The summed E-state index contributed by atoms with van der Waals surface area (Å²) in [6.45, 7) is 0.365. The fraction of sp³-hybridized carbons (Fsp3) is 0.452. The molecule has 3 aliphatic rings. The van der Waals surface area contributed by atoms with Crippen LogP contribution in [0.4, 0.5) is 35.7 Å². The molecule has 0 unspecified atom stereocenters. The molecule has 3 fully saturated rings. The Kier molecular flexibility index (Phi) is 7.84. The van der Waals surface area contributed by atoms with Crippen molar-refractivity contribution in [2.75, 3.05) is 38.6 Å². The molecule has 0 saturated carbocycles. The van der Waals surface area contributed by atoms with Gasteiger partial charge >= 0.3 is 12.2 Å². The molecule has 8 nitrogen and oxygen atoms in total. The Labute approximate surface area is 267 Å². The van der Waals surface area contributed by atoms with Gasteiger partial charge in [-0.25, -0.2) is 17.6 Å². The van der Waals surface area contributed by atoms with Gasteiger partial charge in [0.1, 0.15) is 48.0 Å². The quantitative estimate of drug-likeness (QED) is 0.219. The first kappa shape index (κ1) is 31.6. The molecule has 7 rings (SSSR count). The normalized spacial score (nSPS) is 24.7. The van der Waals surface area contributed by atoms with E-state index in [4.69, 9.17) is 15.2 Å². The number of fused-ring (bicyclic) bond motifs is 3. The van der Waals surface area contributed by atoms with E-state index in [2.05, 4.69) is 15.3 Å². The van der Waals surface area contributed by atoms with Gasteiger partial charge in [-0.2, -0.15) is 28.4 Å². The number of alkyl halides is 5. The van der Waals surface area contributed by atoms with Crippen molar-refractivity contribution in [3.8, 4) is 29.1 Å². The summed E-state index contributed by atoms with van der Waals surface area (Å²) in [5.74, 6) is -2.75. The second kappa shape index (κ2) is 11.6. The van der Waals surface area contributed by atoms with Crippen molar-refractivity contribution in [3.63, 3.8) is 0 Å². The molecule has 4 aromatic rings. The van der Waals surface area contributed by atoms with E-state index < -0.39 is 87.8 Å². The average molecular weight is 681 g/mol. The lowest BCUT2D eigenvalue weighted by atomic mass is 9.92. The van der Waals surface area contributed by atoms with Gasteiger partial charge in [-0.15, -0.1) is 11.3 Å². The molecular weight excluding hydrogens is 653 g/mol. The van der Waals surface area contributed by atoms with E-state index >= 15 is 4.39 Å². The first-order valence-electron chi connectivity index (χ1n) is 14.9. The Hall–Kier alpha value is -3.94. The summed E-state index contributed by atoms with van der Waals surface area (Å²) in [7, 11) is 0. The number of benzene rings is 2. The third-order valence-corrected chi connectivity index (χ3v) is 10.4. The van der Waals surface area contributed by atoms with E-state index in [1.165, 1.54) is 0 Å². The zero-order chi connectivity index (χ0) is 33.2. The van der Waals surface area contributed by atoms with Gasteiger partial charge < -0.3 is 20.5 Å².